The van der Waals surface area contributed by atoms with Crippen molar-refractivity contribution in [1.29, 1.82) is 0 Å². The van der Waals surface area contributed by atoms with Crippen molar-refractivity contribution in [3.63, 3.8) is 0 Å². The first-order chi connectivity index (χ1) is 17.9. The topological polar surface area (TPSA) is 198 Å². The lowest BCUT2D eigenvalue weighted by Crippen LogP contribution is -2.46. The summed E-state index contributed by atoms with van der Waals surface area (Å²) in [5, 5.41) is 31.1. The number of ether oxygens (including phenoxy) is 2. The maximum Gasteiger partial charge on any atom is 0.268 e. The van der Waals surface area contributed by atoms with E-state index in [4.69, 9.17) is 14.7 Å². The Kier molecular flexibility index (Phi) is 14.7. The largest absolute Gasteiger partial charge is 0.380 e. The van der Waals surface area contributed by atoms with Gasteiger partial charge in [0.05, 0.1) is 45.8 Å². The molecule has 1 fully saturated rings. The van der Waals surface area contributed by atoms with Gasteiger partial charge < -0.3 is 19.7 Å². The molecule has 0 aliphatic carbocycles. The molecule has 0 aromatic rings. The van der Waals surface area contributed by atoms with Crippen molar-refractivity contribution in [2.45, 2.75) is 58.4 Å². The number of hydrogen-bond donors (Lipinski definition) is 5. The average molecular weight is 548 g/mol. The van der Waals surface area contributed by atoms with Gasteiger partial charge in [-0.2, -0.15) is 0 Å². The van der Waals surface area contributed by atoms with E-state index < -0.39 is 35.1 Å². The zero-order chi connectivity index (χ0) is 28.7. The van der Waals surface area contributed by atoms with Crippen molar-refractivity contribution in [2.75, 3.05) is 53.1 Å². The molecule has 0 bridgehead atoms. The van der Waals surface area contributed by atoms with Crippen LogP contribution in [0.25, 0.3) is 0 Å². The highest BCUT2D eigenvalue weighted by molar-refractivity contribution is 5.88. The number of carbonyl (C=O) groups is 5. The quantitative estimate of drug-likeness (QED) is 0.0880. The Morgan fingerprint density at radius 3 is 2.21 bits per heavy atom. The highest BCUT2D eigenvalue weighted by Crippen LogP contribution is 2.19. The van der Waals surface area contributed by atoms with Gasteiger partial charge >= 0.3 is 0 Å². The third-order valence-corrected chi connectivity index (χ3v) is 5.72. The van der Waals surface area contributed by atoms with Crippen LogP contribution in [0.4, 0.5) is 0 Å². The lowest BCUT2D eigenvalue weighted by atomic mass is 9.96. The van der Waals surface area contributed by atoms with Crippen molar-refractivity contribution >= 4 is 29.5 Å². The molecular weight excluding hydrogens is 506 g/mol. The molecule has 38 heavy (non-hydrogen) atoms. The van der Waals surface area contributed by atoms with Crippen LogP contribution in [0.1, 0.15) is 52.4 Å². The smallest absolute Gasteiger partial charge is 0.268 e. The summed E-state index contributed by atoms with van der Waals surface area (Å²) in [6, 6.07) is -0.711. The normalized spacial score (nSPS) is 15.2. The average Bonchev–Trinajstić information content (AvgIpc) is 3.36. The van der Waals surface area contributed by atoms with E-state index >= 15 is 0 Å². The van der Waals surface area contributed by atoms with Gasteiger partial charge in [-0.15, -0.1) is 0 Å². The molecule has 0 saturated carbocycles. The lowest BCUT2D eigenvalue weighted by Gasteiger charge is -2.25. The summed E-state index contributed by atoms with van der Waals surface area (Å²) in [5.41, 5.74) is 1.12. The second-order valence-electron chi connectivity index (χ2n) is 9.78. The van der Waals surface area contributed by atoms with Gasteiger partial charge in [-0.3, -0.25) is 39.6 Å². The van der Waals surface area contributed by atoms with Gasteiger partial charge in [-0.25, -0.2) is 15.6 Å². The van der Waals surface area contributed by atoms with Gasteiger partial charge in [0.2, 0.25) is 23.6 Å². The van der Waals surface area contributed by atoms with Crippen molar-refractivity contribution < 1.29 is 49.1 Å². The molecule has 1 atom stereocenters. The number of likely N-dealkylation sites (tertiary alicyclic amines) is 1. The Bertz CT molecular complexity index is 807. The fraction of sp³-hybridized carbons (Fsp3) is 0.783. The van der Waals surface area contributed by atoms with Gasteiger partial charge in [0.15, 0.2) is 0 Å². The van der Waals surface area contributed by atoms with Crippen LogP contribution in [0.5, 0.6) is 0 Å². The summed E-state index contributed by atoms with van der Waals surface area (Å²) in [4.78, 5) is 60.8. The minimum Gasteiger partial charge on any atom is -0.380 e. The Morgan fingerprint density at radius 1 is 0.974 bits per heavy atom. The summed E-state index contributed by atoms with van der Waals surface area (Å²) in [5.74, 6) is -2.49. The highest BCUT2D eigenvalue weighted by atomic mass is 16.5. The summed E-state index contributed by atoms with van der Waals surface area (Å²) >= 11 is 0. The number of hydroxylamine groups is 5. The first-order valence-corrected chi connectivity index (χ1v) is 12.5. The lowest BCUT2D eigenvalue weighted by molar-refractivity contribution is -0.167. The van der Waals surface area contributed by atoms with E-state index in [1.807, 2.05) is 13.8 Å². The van der Waals surface area contributed by atoms with Crippen LogP contribution in [0.2, 0.25) is 0 Å². The third-order valence-electron chi connectivity index (χ3n) is 5.72. The van der Waals surface area contributed by atoms with Crippen molar-refractivity contribution in [2.24, 2.45) is 5.41 Å². The van der Waals surface area contributed by atoms with Crippen LogP contribution in [0.3, 0.4) is 0 Å². The Hall–Kier alpha value is -2.85. The SMILES string of the molecule is CN(O)C(=O)[C@@H]1CCCN1C(=O)CCNC(=O)CCN(O)C(=O)CCOCC(C)(C)COCCC(=O)NO. The second kappa shape index (κ2) is 16.9. The Labute approximate surface area is 221 Å². The molecule has 15 nitrogen and oxygen atoms in total. The highest BCUT2D eigenvalue weighted by Gasteiger charge is 2.35. The van der Waals surface area contributed by atoms with Crippen LogP contribution < -0.4 is 10.8 Å². The standard InChI is InChI=1S/C23H41N5O10/c1-23(2,15-37-13-8-19(30)25-34)16-38-14-9-21(32)28(36)12-7-18(29)24-10-6-20(31)27-11-4-5-17(27)22(33)26(3)35/h17,34-36H,4-16H2,1-3H3,(H,24,29)(H,25,30)/t17-/m0/s1. The van der Waals surface area contributed by atoms with Gasteiger partial charge in [-0.05, 0) is 12.8 Å². The van der Waals surface area contributed by atoms with E-state index in [0.717, 1.165) is 0 Å². The van der Waals surface area contributed by atoms with E-state index in [1.54, 1.807) is 0 Å². The molecule has 0 spiro atoms. The van der Waals surface area contributed by atoms with Gasteiger partial charge in [0, 0.05) is 38.4 Å². The van der Waals surface area contributed by atoms with E-state index in [1.165, 1.54) is 17.4 Å². The van der Waals surface area contributed by atoms with Crippen molar-refractivity contribution in [3.05, 3.63) is 0 Å². The van der Waals surface area contributed by atoms with E-state index in [2.05, 4.69) is 5.32 Å². The van der Waals surface area contributed by atoms with E-state index in [9.17, 15) is 34.4 Å². The predicted molar refractivity (Wildman–Crippen MR) is 130 cm³/mol. The zero-order valence-electron chi connectivity index (χ0n) is 22.3. The predicted octanol–water partition coefficient (Wildman–Crippen LogP) is -0.716. The molecule has 1 aliphatic heterocycles. The number of nitrogens with zero attached hydrogens (tertiary/aromatic N) is 3. The number of nitrogens with one attached hydrogen (secondary N) is 2. The maximum atomic E-state index is 12.4. The molecule has 1 rings (SSSR count). The van der Waals surface area contributed by atoms with E-state index in [-0.39, 0.29) is 64.5 Å². The monoisotopic (exact) mass is 547 g/mol. The molecule has 0 aromatic heterocycles. The molecule has 1 heterocycles. The first-order valence-electron chi connectivity index (χ1n) is 12.5. The summed E-state index contributed by atoms with van der Waals surface area (Å²) in [6.07, 6.45) is 0.841. The van der Waals surface area contributed by atoms with Crippen LogP contribution in [0.15, 0.2) is 0 Å². The number of likely N-dealkylation sites (N-methyl/N-ethyl adjacent to an activating group) is 1. The summed E-state index contributed by atoms with van der Waals surface area (Å²) in [7, 11) is 1.21. The summed E-state index contributed by atoms with van der Waals surface area (Å²) in [6.45, 7) is 4.71. The molecule has 5 N–H and O–H groups in total. The second-order valence-corrected chi connectivity index (χ2v) is 9.78. The summed E-state index contributed by atoms with van der Waals surface area (Å²) < 4.78 is 10.9. The Balaban J connectivity index is 2.20. The fourth-order valence-electron chi connectivity index (χ4n) is 3.66. The Morgan fingerprint density at radius 2 is 1.61 bits per heavy atom. The number of hydrogen-bond acceptors (Lipinski definition) is 10. The molecule has 1 saturated heterocycles. The molecule has 15 heteroatoms. The molecule has 0 radical (unpaired) electrons. The zero-order valence-corrected chi connectivity index (χ0v) is 22.3. The van der Waals surface area contributed by atoms with E-state index in [0.29, 0.717) is 36.1 Å². The number of carbonyl (C=O) groups excluding carboxylic acids is 5. The van der Waals surface area contributed by atoms with Crippen LogP contribution in [-0.2, 0) is 33.4 Å². The molecule has 218 valence electrons. The van der Waals surface area contributed by atoms with Gasteiger partial charge in [0.25, 0.3) is 5.91 Å². The van der Waals surface area contributed by atoms with Crippen LogP contribution in [0, 0.1) is 5.41 Å². The molecule has 0 aromatic carbocycles. The minimum absolute atomic E-state index is 0.0229. The molecule has 1 aliphatic rings. The van der Waals surface area contributed by atoms with Gasteiger partial charge in [0.1, 0.15) is 6.04 Å². The molecule has 0 unspecified atom stereocenters. The molecular formula is C23H41N5O10. The van der Waals surface area contributed by atoms with Crippen molar-refractivity contribution in [1.82, 2.24) is 25.8 Å². The van der Waals surface area contributed by atoms with Gasteiger partial charge in [-0.1, -0.05) is 13.8 Å². The minimum atomic E-state index is -0.711. The van der Waals surface area contributed by atoms with Crippen molar-refractivity contribution in [3.8, 4) is 0 Å². The number of rotatable bonds is 17. The first kappa shape index (κ1) is 33.2. The third kappa shape index (κ3) is 12.6. The van der Waals surface area contributed by atoms with Crippen LogP contribution >= 0.6 is 0 Å². The number of amides is 5. The molecule has 5 amide bonds. The maximum absolute atomic E-state index is 12.4. The fourth-order valence-corrected chi connectivity index (χ4v) is 3.66. The van der Waals surface area contributed by atoms with Crippen LogP contribution in [-0.4, -0.2) is 119 Å².